The lowest BCUT2D eigenvalue weighted by Gasteiger charge is -2.09. The fourth-order valence-corrected chi connectivity index (χ4v) is 2.46. The highest BCUT2D eigenvalue weighted by molar-refractivity contribution is 7.11. The Morgan fingerprint density at radius 2 is 2.27 bits per heavy atom. The molecular formula is C14H19N5O2S. The van der Waals surface area contributed by atoms with Gasteiger partial charge >= 0.3 is 0 Å². The SMILES string of the molecule is CCNC(=NCc1ccc(C(N)=O)o1)NCc1ncc(C)s1. The highest BCUT2D eigenvalue weighted by Crippen LogP contribution is 2.11. The second-order valence-corrected chi connectivity index (χ2v) is 5.86. The first-order valence-corrected chi connectivity index (χ1v) is 7.72. The first-order chi connectivity index (χ1) is 10.6. The lowest BCUT2D eigenvalue weighted by molar-refractivity contribution is 0.0972. The van der Waals surface area contributed by atoms with Crippen LogP contribution in [0.25, 0.3) is 0 Å². The minimum absolute atomic E-state index is 0.140. The third kappa shape index (κ3) is 4.59. The first kappa shape index (κ1) is 16.0. The topological polar surface area (TPSA) is 106 Å². The predicted octanol–water partition coefficient (Wildman–Crippen LogP) is 1.40. The molecule has 2 aromatic heterocycles. The molecule has 2 heterocycles. The van der Waals surface area contributed by atoms with Gasteiger partial charge < -0.3 is 20.8 Å². The number of aryl methyl sites for hydroxylation is 1. The monoisotopic (exact) mass is 321 g/mol. The molecule has 118 valence electrons. The van der Waals surface area contributed by atoms with Crippen molar-refractivity contribution < 1.29 is 9.21 Å². The van der Waals surface area contributed by atoms with E-state index in [4.69, 9.17) is 10.2 Å². The van der Waals surface area contributed by atoms with Crippen LogP contribution in [-0.2, 0) is 13.1 Å². The molecule has 0 saturated carbocycles. The van der Waals surface area contributed by atoms with E-state index in [9.17, 15) is 4.79 Å². The lowest BCUT2D eigenvalue weighted by Crippen LogP contribution is -2.36. The molecule has 0 aliphatic rings. The molecular weight excluding hydrogens is 302 g/mol. The van der Waals surface area contributed by atoms with Crippen molar-refractivity contribution in [2.45, 2.75) is 26.9 Å². The molecule has 0 aliphatic carbocycles. The van der Waals surface area contributed by atoms with Gasteiger partial charge in [-0.05, 0) is 26.0 Å². The first-order valence-electron chi connectivity index (χ1n) is 6.90. The highest BCUT2D eigenvalue weighted by atomic mass is 32.1. The number of nitrogens with two attached hydrogens (primary N) is 1. The molecule has 1 amide bonds. The molecule has 0 spiro atoms. The van der Waals surface area contributed by atoms with Crippen LogP contribution in [0.4, 0.5) is 0 Å². The standard InChI is InChI=1S/C14H19N5O2S/c1-3-16-14(19-8-12-17-6-9(2)22-12)18-7-10-4-5-11(21-10)13(15)20/h4-6H,3,7-8H2,1-2H3,(H2,15,20)(H2,16,18,19). The van der Waals surface area contributed by atoms with Gasteiger partial charge in [-0.15, -0.1) is 11.3 Å². The van der Waals surface area contributed by atoms with Crippen molar-refractivity contribution in [1.82, 2.24) is 15.6 Å². The van der Waals surface area contributed by atoms with E-state index in [2.05, 4.69) is 20.6 Å². The molecule has 0 unspecified atom stereocenters. The number of primary amides is 1. The maximum Gasteiger partial charge on any atom is 0.284 e. The van der Waals surface area contributed by atoms with Crippen molar-refractivity contribution in [3.05, 3.63) is 39.7 Å². The zero-order valence-corrected chi connectivity index (χ0v) is 13.4. The van der Waals surface area contributed by atoms with Gasteiger partial charge in [0.05, 0.1) is 6.54 Å². The van der Waals surface area contributed by atoms with Crippen molar-refractivity contribution in [2.24, 2.45) is 10.7 Å². The summed E-state index contributed by atoms with van der Waals surface area (Å²) in [5.41, 5.74) is 5.15. The van der Waals surface area contributed by atoms with Crippen molar-refractivity contribution in [1.29, 1.82) is 0 Å². The number of thiazole rings is 1. The minimum atomic E-state index is -0.584. The number of hydrogen-bond donors (Lipinski definition) is 3. The van der Waals surface area contributed by atoms with Crippen molar-refractivity contribution in [2.75, 3.05) is 6.54 Å². The maximum atomic E-state index is 11.0. The van der Waals surface area contributed by atoms with Crippen LogP contribution >= 0.6 is 11.3 Å². The Balaban J connectivity index is 1.95. The molecule has 0 fully saturated rings. The molecule has 0 bridgehead atoms. The zero-order chi connectivity index (χ0) is 15.9. The fourth-order valence-electron chi connectivity index (χ4n) is 1.74. The van der Waals surface area contributed by atoms with E-state index in [0.29, 0.717) is 24.8 Å². The van der Waals surface area contributed by atoms with Gasteiger partial charge in [0, 0.05) is 17.6 Å². The summed E-state index contributed by atoms with van der Waals surface area (Å²) in [5.74, 6) is 0.796. The Kier molecular flexibility index (Phi) is 5.54. The van der Waals surface area contributed by atoms with E-state index in [1.54, 1.807) is 23.5 Å². The second kappa shape index (κ2) is 7.60. The second-order valence-electron chi connectivity index (χ2n) is 4.54. The Morgan fingerprint density at radius 3 is 2.86 bits per heavy atom. The largest absolute Gasteiger partial charge is 0.454 e. The summed E-state index contributed by atoms with van der Waals surface area (Å²) >= 11 is 1.64. The minimum Gasteiger partial charge on any atom is -0.454 e. The molecule has 0 aromatic carbocycles. The van der Waals surface area contributed by atoms with Crippen molar-refractivity contribution >= 4 is 23.2 Å². The van der Waals surface area contributed by atoms with Gasteiger partial charge in [-0.1, -0.05) is 0 Å². The number of carbonyl (C=O) groups is 1. The van der Waals surface area contributed by atoms with Crippen molar-refractivity contribution in [3.8, 4) is 0 Å². The van der Waals surface area contributed by atoms with E-state index in [1.165, 1.54) is 4.88 Å². The zero-order valence-electron chi connectivity index (χ0n) is 12.5. The summed E-state index contributed by atoms with van der Waals surface area (Å²) in [6.07, 6.45) is 1.85. The third-order valence-electron chi connectivity index (χ3n) is 2.72. The van der Waals surface area contributed by atoms with Crippen LogP contribution in [-0.4, -0.2) is 23.4 Å². The summed E-state index contributed by atoms with van der Waals surface area (Å²) in [6, 6.07) is 3.24. The Hall–Kier alpha value is -2.35. The molecule has 4 N–H and O–H groups in total. The van der Waals surface area contributed by atoms with Gasteiger partial charge in [-0.25, -0.2) is 9.98 Å². The Morgan fingerprint density at radius 1 is 1.45 bits per heavy atom. The number of furan rings is 1. The van der Waals surface area contributed by atoms with E-state index < -0.39 is 5.91 Å². The molecule has 0 saturated heterocycles. The van der Waals surface area contributed by atoms with Gasteiger partial charge in [0.25, 0.3) is 5.91 Å². The van der Waals surface area contributed by atoms with Gasteiger partial charge in [0.1, 0.15) is 17.3 Å². The average Bonchev–Trinajstić information content (AvgIpc) is 3.11. The predicted molar refractivity (Wildman–Crippen MR) is 85.7 cm³/mol. The Labute approximate surface area is 132 Å². The molecule has 0 aliphatic heterocycles. The van der Waals surface area contributed by atoms with Crippen LogP contribution in [0.5, 0.6) is 0 Å². The van der Waals surface area contributed by atoms with Gasteiger partial charge in [0.15, 0.2) is 11.7 Å². The van der Waals surface area contributed by atoms with Gasteiger partial charge in [-0.2, -0.15) is 0 Å². The van der Waals surface area contributed by atoms with Crippen LogP contribution in [0, 0.1) is 6.92 Å². The smallest absolute Gasteiger partial charge is 0.284 e. The van der Waals surface area contributed by atoms with Crippen LogP contribution < -0.4 is 16.4 Å². The number of hydrogen-bond acceptors (Lipinski definition) is 5. The third-order valence-corrected chi connectivity index (χ3v) is 3.63. The summed E-state index contributed by atoms with van der Waals surface area (Å²) in [6.45, 7) is 5.68. The van der Waals surface area contributed by atoms with Crippen LogP contribution in [0.3, 0.4) is 0 Å². The van der Waals surface area contributed by atoms with Crippen molar-refractivity contribution in [3.63, 3.8) is 0 Å². The molecule has 2 rings (SSSR count). The molecule has 2 aromatic rings. The average molecular weight is 321 g/mol. The van der Waals surface area contributed by atoms with E-state index in [1.807, 2.05) is 20.0 Å². The van der Waals surface area contributed by atoms with E-state index >= 15 is 0 Å². The lowest BCUT2D eigenvalue weighted by atomic mass is 10.4. The molecule has 7 nitrogen and oxygen atoms in total. The molecule has 0 atom stereocenters. The number of carbonyl (C=O) groups excluding carboxylic acids is 1. The number of guanidine groups is 1. The normalized spacial score (nSPS) is 11.5. The van der Waals surface area contributed by atoms with Crippen LogP contribution in [0.15, 0.2) is 27.7 Å². The van der Waals surface area contributed by atoms with E-state index in [-0.39, 0.29) is 5.76 Å². The van der Waals surface area contributed by atoms with Crippen LogP contribution in [0.2, 0.25) is 0 Å². The Bertz CT molecular complexity index is 662. The van der Waals surface area contributed by atoms with E-state index in [0.717, 1.165) is 11.6 Å². The van der Waals surface area contributed by atoms with Gasteiger partial charge in [0.2, 0.25) is 0 Å². The summed E-state index contributed by atoms with van der Waals surface area (Å²) < 4.78 is 5.29. The number of nitrogens with one attached hydrogen (secondary N) is 2. The molecule has 0 radical (unpaired) electrons. The van der Waals surface area contributed by atoms with Crippen LogP contribution in [0.1, 0.15) is 33.1 Å². The van der Waals surface area contributed by atoms with Gasteiger partial charge in [-0.3, -0.25) is 4.79 Å². The summed E-state index contributed by atoms with van der Waals surface area (Å²) in [5, 5.41) is 7.34. The summed E-state index contributed by atoms with van der Waals surface area (Å²) in [7, 11) is 0. The molecule has 8 heteroatoms. The number of nitrogens with zero attached hydrogens (tertiary/aromatic N) is 2. The number of rotatable bonds is 6. The number of aliphatic imine (C=N–C) groups is 1. The quantitative estimate of drug-likeness (QED) is 0.551. The number of amides is 1. The summed E-state index contributed by atoms with van der Waals surface area (Å²) in [4.78, 5) is 20.8. The maximum absolute atomic E-state index is 11.0. The highest BCUT2D eigenvalue weighted by Gasteiger charge is 2.07. The molecule has 22 heavy (non-hydrogen) atoms. The fraction of sp³-hybridized carbons (Fsp3) is 0.357. The number of aromatic nitrogens is 1.